The highest BCUT2D eigenvalue weighted by atomic mass is 35.5. The molecular formula is C39H52ClN3O9S. The second kappa shape index (κ2) is 18.0. The highest BCUT2D eigenvalue weighted by molar-refractivity contribution is 7.90. The van der Waals surface area contributed by atoms with Gasteiger partial charge in [-0.05, 0) is 84.9 Å². The molecule has 3 aromatic rings. The number of aliphatic hydroxyl groups is 5. The number of benzene rings is 2. The fourth-order valence-corrected chi connectivity index (χ4v) is 7.26. The van der Waals surface area contributed by atoms with Gasteiger partial charge < -0.3 is 40.5 Å². The molecule has 2 aliphatic carbocycles. The van der Waals surface area contributed by atoms with Gasteiger partial charge in [0.25, 0.3) is 5.91 Å². The average Bonchev–Trinajstić information content (AvgIpc) is 4.10. The molecule has 14 heteroatoms. The van der Waals surface area contributed by atoms with Gasteiger partial charge in [-0.1, -0.05) is 55.3 Å². The van der Waals surface area contributed by atoms with Gasteiger partial charge in [0, 0.05) is 54.4 Å². The van der Waals surface area contributed by atoms with E-state index in [0.29, 0.717) is 24.4 Å². The maximum absolute atomic E-state index is 13.0. The average molecular weight is 774 g/mol. The van der Waals surface area contributed by atoms with Crippen molar-refractivity contribution in [1.29, 1.82) is 0 Å². The Morgan fingerprint density at radius 1 is 1.04 bits per heavy atom. The van der Waals surface area contributed by atoms with Gasteiger partial charge in [-0.15, -0.1) is 0 Å². The number of aromatic nitrogens is 1. The van der Waals surface area contributed by atoms with Crippen LogP contribution in [-0.2, 0) is 26.7 Å². The number of aliphatic hydroxyl groups excluding tert-OH is 5. The highest BCUT2D eigenvalue weighted by Crippen LogP contribution is 2.50. The largest absolute Gasteiger partial charge is 0.490 e. The summed E-state index contributed by atoms with van der Waals surface area (Å²) in [6.07, 6.45) is 3.14. The maximum atomic E-state index is 13.0. The van der Waals surface area contributed by atoms with Gasteiger partial charge in [0.05, 0.1) is 18.5 Å². The lowest BCUT2D eigenvalue weighted by Crippen LogP contribution is -2.53. The number of para-hydroxylation sites is 1. The summed E-state index contributed by atoms with van der Waals surface area (Å²) < 4.78 is 30.0. The summed E-state index contributed by atoms with van der Waals surface area (Å²) in [6.45, 7) is 1.66. The normalized spacial score (nSPS) is 18.1. The van der Waals surface area contributed by atoms with E-state index in [1.807, 2.05) is 42.7 Å². The zero-order chi connectivity index (χ0) is 38.3. The van der Waals surface area contributed by atoms with Crippen LogP contribution in [0, 0.1) is 0 Å². The minimum Gasteiger partial charge on any atom is -0.490 e. The van der Waals surface area contributed by atoms with Gasteiger partial charge in [0.1, 0.15) is 33.9 Å². The quantitative estimate of drug-likeness (QED) is 0.0872. The van der Waals surface area contributed by atoms with Crippen molar-refractivity contribution in [3.8, 4) is 16.9 Å². The van der Waals surface area contributed by atoms with Crippen LogP contribution in [0.3, 0.4) is 0 Å². The van der Waals surface area contributed by atoms with Crippen molar-refractivity contribution in [3.05, 3.63) is 82.6 Å². The van der Waals surface area contributed by atoms with Gasteiger partial charge in [-0.2, -0.15) is 0 Å². The lowest BCUT2D eigenvalue weighted by Gasteiger charge is -2.30. The lowest BCUT2D eigenvalue weighted by molar-refractivity contribution is -0.158. The monoisotopic (exact) mass is 773 g/mol. The van der Waals surface area contributed by atoms with Crippen LogP contribution in [-0.4, -0.2) is 112 Å². The molecule has 2 fully saturated rings. The number of nitrogens with zero attached hydrogens (tertiary/aromatic N) is 2. The molecule has 6 N–H and O–H groups in total. The first-order valence-corrected chi connectivity index (χ1v) is 20.7. The van der Waals surface area contributed by atoms with Crippen LogP contribution < -0.4 is 10.1 Å². The molecule has 5 rings (SSSR count). The first-order valence-electron chi connectivity index (χ1n) is 18.3. The molecule has 53 heavy (non-hydrogen) atoms. The van der Waals surface area contributed by atoms with E-state index >= 15 is 0 Å². The number of amides is 1. The van der Waals surface area contributed by atoms with Crippen LogP contribution in [0.1, 0.15) is 74.5 Å². The molecule has 1 amide bonds. The molecule has 12 nitrogen and oxygen atoms in total. The summed E-state index contributed by atoms with van der Waals surface area (Å²) in [5.41, 5.74) is 5.15. The molecule has 1 heterocycles. The number of sulfone groups is 1. The first-order chi connectivity index (χ1) is 25.2. The fraction of sp³-hybridized carbons (Fsp3) is 0.538. The van der Waals surface area contributed by atoms with Crippen molar-refractivity contribution in [2.24, 2.45) is 0 Å². The van der Waals surface area contributed by atoms with Crippen molar-refractivity contribution < 1.29 is 43.5 Å². The number of hydrogen-bond donors (Lipinski definition) is 6. The van der Waals surface area contributed by atoms with Gasteiger partial charge in [-0.25, -0.2) is 8.42 Å². The van der Waals surface area contributed by atoms with E-state index in [1.165, 1.54) is 0 Å². The Morgan fingerprint density at radius 3 is 2.45 bits per heavy atom. The third kappa shape index (κ3) is 11.0. The minimum absolute atomic E-state index is 0.106. The molecule has 0 spiro atoms. The molecule has 0 saturated heterocycles. The summed E-state index contributed by atoms with van der Waals surface area (Å²) in [5, 5.41) is 53.8. The summed E-state index contributed by atoms with van der Waals surface area (Å²) >= 11 is 6.71. The van der Waals surface area contributed by atoms with Crippen LogP contribution in [0.25, 0.3) is 11.1 Å². The number of carbonyl (C=O) groups is 1. The van der Waals surface area contributed by atoms with E-state index in [1.54, 1.807) is 0 Å². The number of halogens is 1. The van der Waals surface area contributed by atoms with Crippen LogP contribution in [0.15, 0.2) is 60.9 Å². The molecular weight excluding hydrogens is 722 g/mol. The van der Waals surface area contributed by atoms with Crippen molar-refractivity contribution in [1.82, 2.24) is 15.2 Å². The van der Waals surface area contributed by atoms with Gasteiger partial charge >= 0.3 is 0 Å². The molecule has 0 radical (unpaired) electrons. The Bertz CT molecular complexity index is 1800. The molecule has 2 aromatic carbocycles. The zero-order valence-electron chi connectivity index (χ0n) is 30.3. The number of unbranched alkanes of at least 4 members (excludes halogenated alkanes) is 1. The van der Waals surface area contributed by atoms with Gasteiger partial charge in [0.2, 0.25) is 0 Å². The molecule has 5 atom stereocenters. The number of pyridine rings is 1. The van der Waals surface area contributed by atoms with E-state index in [4.69, 9.17) is 21.4 Å². The lowest BCUT2D eigenvalue weighted by atomic mass is 9.93. The number of hydrogen-bond acceptors (Lipinski definition) is 11. The molecule has 2 saturated carbocycles. The number of rotatable bonds is 21. The third-order valence-electron chi connectivity index (χ3n) is 10.2. The van der Waals surface area contributed by atoms with Crippen LogP contribution in [0.5, 0.6) is 5.75 Å². The molecule has 1 aromatic heterocycles. The summed E-state index contributed by atoms with van der Waals surface area (Å²) in [4.78, 5) is 18.7. The Kier molecular flexibility index (Phi) is 13.9. The molecule has 1 unspecified atom stereocenters. The Balaban J connectivity index is 1.19. The molecule has 0 bridgehead atoms. The Hall–Kier alpha value is -3.14. The first kappa shape index (κ1) is 41.0. The predicted octanol–water partition coefficient (Wildman–Crippen LogP) is 3.31. The maximum Gasteiger partial charge on any atom is 0.254 e. The number of carbonyl (C=O) groups excluding carboxylic acids is 1. The van der Waals surface area contributed by atoms with E-state index in [-0.39, 0.29) is 36.4 Å². The van der Waals surface area contributed by atoms with Crippen LogP contribution >= 0.6 is 11.6 Å². The Labute approximate surface area is 316 Å². The predicted molar refractivity (Wildman–Crippen MR) is 202 cm³/mol. The van der Waals surface area contributed by atoms with Crippen molar-refractivity contribution >= 4 is 27.3 Å². The smallest absolute Gasteiger partial charge is 0.254 e. The van der Waals surface area contributed by atoms with E-state index in [2.05, 4.69) is 35.4 Å². The molecule has 2 aliphatic rings. The summed E-state index contributed by atoms with van der Waals surface area (Å²) in [5.74, 6) is -0.304. The van der Waals surface area contributed by atoms with Gasteiger partial charge in [0.15, 0.2) is 6.10 Å². The van der Waals surface area contributed by atoms with Crippen molar-refractivity contribution in [2.45, 2.75) is 100 Å². The Morgan fingerprint density at radius 2 is 1.77 bits per heavy atom. The number of ether oxygens (including phenoxy) is 1. The third-order valence-corrected chi connectivity index (χ3v) is 11.5. The SMILES string of the molecule is CC(CCCCN(CCS(C)(=O)=O)C(=O)[C@@H](O)[C@@H](O)[C@H](O)[C@@H](O)CO)c1ccc(Cl)c(CNC2(c3cnccc3-c3ccccc3OC3CC3)CC2)c1. The second-order valence-corrected chi connectivity index (χ2v) is 17.2. The second-order valence-electron chi connectivity index (χ2n) is 14.5. The topological polar surface area (TPSA) is 190 Å². The van der Waals surface area contributed by atoms with Crippen molar-refractivity contribution in [2.75, 3.05) is 31.7 Å². The van der Waals surface area contributed by atoms with E-state index in [9.17, 15) is 33.6 Å². The van der Waals surface area contributed by atoms with E-state index in [0.717, 1.165) is 76.8 Å². The summed E-state index contributed by atoms with van der Waals surface area (Å²) in [6, 6.07) is 16.3. The number of nitrogens with one attached hydrogen (secondary N) is 1. The zero-order valence-corrected chi connectivity index (χ0v) is 31.8. The fourth-order valence-electron chi connectivity index (χ4n) is 6.52. The van der Waals surface area contributed by atoms with Crippen molar-refractivity contribution in [3.63, 3.8) is 0 Å². The standard InChI is InChI=1S/C39H52ClN3O9S/c1-25(7-5-6-18-43(19-20-53(2,50)51)38(49)37(48)36(47)35(46)33(45)24-44)26-10-13-32(40)27(21-26)22-42-39(15-16-39)31-23-41-17-14-29(31)30-8-3-4-9-34(30)52-28-11-12-28/h3-4,8-10,13-14,17,21,23,25,28,33,35-37,42,44-48H,5-7,11-12,15-16,18-20,22,24H2,1-2H3/t25?,33-,35+,36-,37-/m0/s1. The van der Waals surface area contributed by atoms with E-state index < -0.39 is 46.8 Å². The minimum atomic E-state index is -3.45. The highest BCUT2D eigenvalue weighted by Gasteiger charge is 2.46. The summed E-state index contributed by atoms with van der Waals surface area (Å²) in [7, 11) is -3.45. The molecule has 0 aliphatic heterocycles. The molecule has 290 valence electrons. The van der Waals surface area contributed by atoms with Crippen LogP contribution in [0.4, 0.5) is 0 Å². The van der Waals surface area contributed by atoms with Gasteiger partial charge in [-0.3, -0.25) is 9.78 Å². The van der Waals surface area contributed by atoms with Crippen LogP contribution in [0.2, 0.25) is 5.02 Å².